The molecular weight excluding hydrogens is 192 g/mol. The summed E-state index contributed by atoms with van der Waals surface area (Å²) in [5.41, 5.74) is 1.08. The zero-order valence-corrected chi connectivity index (χ0v) is 8.51. The molecular formula is C11H8N2S. The van der Waals surface area contributed by atoms with Crippen molar-refractivity contribution >= 4 is 31.5 Å². The van der Waals surface area contributed by atoms with Gasteiger partial charge in [0.05, 0.1) is 0 Å². The van der Waals surface area contributed by atoms with E-state index in [0.717, 1.165) is 5.69 Å². The van der Waals surface area contributed by atoms with Crippen molar-refractivity contribution in [1.82, 2.24) is 9.97 Å². The van der Waals surface area contributed by atoms with Gasteiger partial charge in [-0.05, 0) is 19.1 Å². The van der Waals surface area contributed by atoms with Gasteiger partial charge in [-0.2, -0.15) is 0 Å². The van der Waals surface area contributed by atoms with Gasteiger partial charge < -0.3 is 0 Å². The van der Waals surface area contributed by atoms with Crippen molar-refractivity contribution in [3.63, 3.8) is 0 Å². The van der Waals surface area contributed by atoms with E-state index in [2.05, 4.69) is 22.1 Å². The summed E-state index contributed by atoms with van der Waals surface area (Å²) < 4.78 is 2.58. The fourth-order valence-corrected chi connectivity index (χ4v) is 2.85. The van der Waals surface area contributed by atoms with E-state index in [1.165, 1.54) is 20.2 Å². The Morgan fingerprint density at radius 3 is 2.93 bits per heavy atom. The molecule has 0 fully saturated rings. The molecule has 0 saturated carbocycles. The molecule has 0 radical (unpaired) electrons. The normalized spacial score (nSPS) is 11.2. The van der Waals surface area contributed by atoms with Crippen LogP contribution in [0.4, 0.5) is 0 Å². The van der Waals surface area contributed by atoms with Crippen LogP contribution in [0.1, 0.15) is 5.69 Å². The van der Waals surface area contributed by atoms with E-state index in [0.29, 0.717) is 0 Å². The highest BCUT2D eigenvalue weighted by Crippen LogP contribution is 2.33. The van der Waals surface area contributed by atoms with Crippen LogP contribution in [0.25, 0.3) is 20.2 Å². The quantitative estimate of drug-likeness (QED) is 0.557. The number of fused-ring (bicyclic) bond motifs is 3. The second-order valence-corrected chi connectivity index (χ2v) is 4.33. The van der Waals surface area contributed by atoms with E-state index < -0.39 is 0 Å². The zero-order chi connectivity index (χ0) is 9.54. The maximum Gasteiger partial charge on any atom is 0.0466 e. The number of nitrogens with zero attached hydrogens (tertiary/aromatic N) is 2. The third-order valence-corrected chi connectivity index (χ3v) is 3.51. The minimum absolute atomic E-state index is 1.08. The molecule has 2 nitrogen and oxygen atoms in total. The molecule has 3 heterocycles. The van der Waals surface area contributed by atoms with Crippen LogP contribution in [0, 0.1) is 6.92 Å². The number of hydrogen-bond donors (Lipinski definition) is 0. The molecule has 3 aromatic rings. The average Bonchev–Trinajstić information content (AvgIpc) is 2.57. The summed E-state index contributed by atoms with van der Waals surface area (Å²) in [5.74, 6) is 0. The summed E-state index contributed by atoms with van der Waals surface area (Å²) in [4.78, 5) is 8.46. The molecule has 3 rings (SSSR count). The molecule has 0 aliphatic rings. The molecule has 0 aliphatic heterocycles. The summed E-state index contributed by atoms with van der Waals surface area (Å²) >= 11 is 1.80. The van der Waals surface area contributed by atoms with E-state index in [1.807, 2.05) is 25.5 Å². The SMILES string of the molecule is Cc1nccc2sc3ccncc3c12. The Morgan fingerprint density at radius 2 is 2.00 bits per heavy atom. The van der Waals surface area contributed by atoms with Crippen molar-refractivity contribution in [1.29, 1.82) is 0 Å². The molecule has 0 saturated heterocycles. The van der Waals surface area contributed by atoms with Gasteiger partial charge in [-0.15, -0.1) is 11.3 Å². The van der Waals surface area contributed by atoms with Crippen LogP contribution in [0.15, 0.2) is 30.7 Å². The predicted molar refractivity (Wildman–Crippen MR) is 59.7 cm³/mol. The Bertz CT molecular complexity index is 613. The van der Waals surface area contributed by atoms with Crippen LogP contribution >= 0.6 is 11.3 Å². The van der Waals surface area contributed by atoms with Gasteiger partial charge in [0.2, 0.25) is 0 Å². The fraction of sp³-hybridized carbons (Fsp3) is 0.0909. The van der Waals surface area contributed by atoms with Gasteiger partial charge in [-0.25, -0.2) is 0 Å². The number of pyridine rings is 2. The van der Waals surface area contributed by atoms with Gasteiger partial charge in [0.15, 0.2) is 0 Å². The van der Waals surface area contributed by atoms with E-state index in [1.54, 1.807) is 11.3 Å². The van der Waals surface area contributed by atoms with E-state index in [4.69, 9.17) is 0 Å². The van der Waals surface area contributed by atoms with E-state index in [-0.39, 0.29) is 0 Å². The number of aryl methyl sites for hydroxylation is 1. The lowest BCUT2D eigenvalue weighted by atomic mass is 10.2. The monoisotopic (exact) mass is 200 g/mol. The largest absolute Gasteiger partial charge is 0.264 e. The summed E-state index contributed by atoms with van der Waals surface area (Å²) in [6, 6.07) is 4.12. The van der Waals surface area contributed by atoms with Crippen LogP contribution in [-0.2, 0) is 0 Å². The first-order chi connectivity index (χ1) is 6.86. The number of aromatic nitrogens is 2. The fourth-order valence-electron chi connectivity index (χ4n) is 1.73. The Kier molecular flexibility index (Phi) is 1.55. The number of thiophene rings is 1. The highest BCUT2D eigenvalue weighted by molar-refractivity contribution is 7.25. The van der Waals surface area contributed by atoms with Gasteiger partial charge in [0.25, 0.3) is 0 Å². The highest BCUT2D eigenvalue weighted by Gasteiger charge is 2.06. The summed E-state index contributed by atoms with van der Waals surface area (Å²) in [6.45, 7) is 2.04. The van der Waals surface area contributed by atoms with E-state index in [9.17, 15) is 0 Å². The van der Waals surface area contributed by atoms with Crippen molar-refractivity contribution in [3.8, 4) is 0 Å². The molecule has 0 amide bonds. The maximum atomic E-state index is 4.31. The Morgan fingerprint density at radius 1 is 1.14 bits per heavy atom. The summed E-state index contributed by atoms with van der Waals surface area (Å²) in [7, 11) is 0. The van der Waals surface area contributed by atoms with Crippen molar-refractivity contribution in [2.75, 3.05) is 0 Å². The third-order valence-electron chi connectivity index (χ3n) is 2.37. The predicted octanol–water partition coefficient (Wildman–Crippen LogP) is 3.15. The first kappa shape index (κ1) is 7.88. The van der Waals surface area contributed by atoms with Crippen LogP contribution in [-0.4, -0.2) is 9.97 Å². The number of rotatable bonds is 0. The smallest absolute Gasteiger partial charge is 0.0466 e. The van der Waals surface area contributed by atoms with Gasteiger partial charge in [-0.3, -0.25) is 9.97 Å². The lowest BCUT2D eigenvalue weighted by Crippen LogP contribution is -1.79. The van der Waals surface area contributed by atoms with Crippen LogP contribution in [0.2, 0.25) is 0 Å². The molecule has 0 aliphatic carbocycles. The molecule has 3 aromatic heterocycles. The topological polar surface area (TPSA) is 25.8 Å². The van der Waals surface area contributed by atoms with Crippen molar-refractivity contribution in [2.45, 2.75) is 6.92 Å². The molecule has 14 heavy (non-hydrogen) atoms. The standard InChI is InChI=1S/C11H8N2S/c1-7-11-8-6-12-4-2-9(8)14-10(11)3-5-13-7/h2-6H,1H3. The molecule has 3 heteroatoms. The van der Waals surface area contributed by atoms with Crippen molar-refractivity contribution in [3.05, 3.63) is 36.4 Å². The number of hydrogen-bond acceptors (Lipinski definition) is 3. The minimum atomic E-state index is 1.08. The second-order valence-electron chi connectivity index (χ2n) is 3.24. The molecule has 0 N–H and O–H groups in total. The Balaban J connectivity index is 2.65. The van der Waals surface area contributed by atoms with Gasteiger partial charge in [-0.1, -0.05) is 0 Å². The zero-order valence-electron chi connectivity index (χ0n) is 7.69. The van der Waals surface area contributed by atoms with Gasteiger partial charge in [0, 0.05) is 44.5 Å². The highest BCUT2D eigenvalue weighted by atomic mass is 32.1. The first-order valence-corrected chi connectivity index (χ1v) is 5.26. The second kappa shape index (κ2) is 2.75. The van der Waals surface area contributed by atoms with Crippen LogP contribution < -0.4 is 0 Å². The summed E-state index contributed by atoms with van der Waals surface area (Å²) in [6.07, 6.45) is 5.61. The van der Waals surface area contributed by atoms with Gasteiger partial charge >= 0.3 is 0 Å². The Hall–Kier alpha value is -1.48. The third kappa shape index (κ3) is 0.960. The van der Waals surface area contributed by atoms with Crippen molar-refractivity contribution in [2.24, 2.45) is 0 Å². The lowest BCUT2D eigenvalue weighted by Gasteiger charge is -1.94. The first-order valence-electron chi connectivity index (χ1n) is 4.44. The molecule has 0 unspecified atom stereocenters. The van der Waals surface area contributed by atoms with Crippen LogP contribution in [0.5, 0.6) is 0 Å². The maximum absolute atomic E-state index is 4.31. The molecule has 0 bridgehead atoms. The van der Waals surface area contributed by atoms with Gasteiger partial charge in [0.1, 0.15) is 0 Å². The minimum Gasteiger partial charge on any atom is -0.264 e. The van der Waals surface area contributed by atoms with Crippen molar-refractivity contribution < 1.29 is 0 Å². The van der Waals surface area contributed by atoms with Crippen LogP contribution in [0.3, 0.4) is 0 Å². The van der Waals surface area contributed by atoms with E-state index >= 15 is 0 Å². The average molecular weight is 200 g/mol. The Labute approximate surface area is 85.2 Å². The molecule has 68 valence electrons. The summed E-state index contributed by atoms with van der Waals surface area (Å²) in [5, 5.41) is 2.47. The lowest BCUT2D eigenvalue weighted by molar-refractivity contribution is 1.24. The molecule has 0 aromatic carbocycles. The molecule has 0 atom stereocenters. The molecule has 0 spiro atoms.